The molecule has 0 radical (unpaired) electrons. The number of non-ortho nitro benzene ring substituents is 1. The molecule has 1 atom stereocenters. The lowest BCUT2D eigenvalue weighted by atomic mass is 10.1. The molecule has 0 aromatic heterocycles. The van der Waals surface area contributed by atoms with Crippen LogP contribution in [0.25, 0.3) is 0 Å². The first kappa shape index (κ1) is 13.3. The van der Waals surface area contributed by atoms with Crippen LogP contribution in [-0.4, -0.2) is 28.8 Å². The van der Waals surface area contributed by atoms with Gasteiger partial charge in [0, 0.05) is 30.9 Å². The molecule has 0 aliphatic carbocycles. The molecule has 1 aliphatic heterocycles. The average Bonchev–Trinajstić information content (AvgIpc) is 2.80. The predicted octanol–water partition coefficient (Wildman–Crippen LogP) is 0.484. The van der Waals surface area contributed by atoms with Crippen molar-refractivity contribution >= 4 is 17.3 Å². The summed E-state index contributed by atoms with van der Waals surface area (Å²) < 4.78 is 0. The summed E-state index contributed by atoms with van der Waals surface area (Å²) in [6.07, 6.45) is 0.726. The molecule has 19 heavy (non-hydrogen) atoms. The van der Waals surface area contributed by atoms with Crippen LogP contribution in [0.2, 0.25) is 0 Å². The number of nitro benzene ring substituents is 1. The van der Waals surface area contributed by atoms with Crippen molar-refractivity contribution in [2.45, 2.75) is 13.0 Å². The quantitative estimate of drug-likeness (QED) is 0.466. The number of nitrogens with zero attached hydrogens (tertiary/aromatic N) is 2. The van der Waals surface area contributed by atoms with Crippen LogP contribution in [-0.2, 0) is 11.3 Å². The zero-order chi connectivity index (χ0) is 14.0. The Bertz CT molecular complexity index is 518. The van der Waals surface area contributed by atoms with Gasteiger partial charge in [-0.15, -0.1) is 0 Å². The van der Waals surface area contributed by atoms with Crippen LogP contribution in [0.3, 0.4) is 0 Å². The van der Waals surface area contributed by atoms with E-state index in [0.29, 0.717) is 24.3 Å². The molecule has 0 spiro atoms. The number of nitrogen functional groups attached to an aromatic ring is 1. The van der Waals surface area contributed by atoms with Crippen LogP contribution in [0.4, 0.5) is 11.4 Å². The molecule has 1 fully saturated rings. The Labute approximate surface area is 110 Å². The smallest absolute Gasteiger partial charge is 0.269 e. The molecule has 1 aromatic carbocycles. The van der Waals surface area contributed by atoms with Gasteiger partial charge >= 0.3 is 0 Å². The minimum atomic E-state index is -0.445. The molecule has 0 saturated carbocycles. The minimum absolute atomic E-state index is 0.0230. The zero-order valence-corrected chi connectivity index (χ0v) is 10.4. The van der Waals surface area contributed by atoms with Crippen LogP contribution in [0, 0.1) is 16.0 Å². The van der Waals surface area contributed by atoms with Gasteiger partial charge in [0.2, 0.25) is 5.91 Å². The Morgan fingerprint density at radius 3 is 2.84 bits per heavy atom. The van der Waals surface area contributed by atoms with E-state index in [-0.39, 0.29) is 17.5 Å². The second kappa shape index (κ2) is 5.23. The Kier molecular flexibility index (Phi) is 3.66. The Morgan fingerprint density at radius 1 is 1.53 bits per heavy atom. The van der Waals surface area contributed by atoms with Gasteiger partial charge in [-0.05, 0) is 24.6 Å². The molecule has 1 unspecified atom stereocenters. The SMILES string of the molecule is NC(=O)C1CCN(Cc2cc([N+](=O)[O-])ccc2N)C1. The average molecular weight is 264 g/mol. The number of hydrogen-bond donors (Lipinski definition) is 2. The molecule has 2 rings (SSSR count). The summed E-state index contributed by atoms with van der Waals surface area (Å²) in [6.45, 7) is 1.82. The molecule has 0 bridgehead atoms. The fraction of sp³-hybridized carbons (Fsp3) is 0.417. The maximum Gasteiger partial charge on any atom is 0.269 e. The number of nitro groups is 1. The number of rotatable bonds is 4. The summed E-state index contributed by atoms with van der Waals surface area (Å²) in [5, 5.41) is 10.7. The van der Waals surface area contributed by atoms with Gasteiger partial charge in [0.1, 0.15) is 0 Å². The molecular formula is C12H16N4O3. The van der Waals surface area contributed by atoms with E-state index in [2.05, 4.69) is 0 Å². The second-order valence-electron chi connectivity index (χ2n) is 4.76. The lowest BCUT2D eigenvalue weighted by Crippen LogP contribution is -2.27. The maximum absolute atomic E-state index is 11.1. The highest BCUT2D eigenvalue weighted by Gasteiger charge is 2.27. The fourth-order valence-corrected chi connectivity index (χ4v) is 2.29. The Morgan fingerprint density at radius 2 is 2.26 bits per heavy atom. The highest BCUT2D eigenvalue weighted by atomic mass is 16.6. The van der Waals surface area contributed by atoms with Gasteiger partial charge in [-0.25, -0.2) is 0 Å². The molecule has 1 aromatic rings. The van der Waals surface area contributed by atoms with Crippen molar-refractivity contribution in [3.8, 4) is 0 Å². The maximum atomic E-state index is 11.1. The van der Waals surface area contributed by atoms with Crippen molar-refractivity contribution < 1.29 is 9.72 Å². The topological polar surface area (TPSA) is 115 Å². The van der Waals surface area contributed by atoms with Crippen molar-refractivity contribution in [1.82, 2.24) is 4.90 Å². The number of carbonyl (C=O) groups excluding carboxylic acids is 1. The van der Waals surface area contributed by atoms with Gasteiger partial charge in [-0.3, -0.25) is 19.8 Å². The predicted molar refractivity (Wildman–Crippen MR) is 70.1 cm³/mol. The molecular weight excluding hydrogens is 248 g/mol. The number of amides is 1. The number of primary amides is 1. The van der Waals surface area contributed by atoms with Crippen LogP contribution < -0.4 is 11.5 Å². The van der Waals surface area contributed by atoms with Gasteiger partial charge in [-0.1, -0.05) is 0 Å². The second-order valence-corrected chi connectivity index (χ2v) is 4.76. The molecule has 7 heteroatoms. The summed E-state index contributed by atoms with van der Waals surface area (Å²) in [5.74, 6) is -0.436. The molecule has 7 nitrogen and oxygen atoms in total. The largest absolute Gasteiger partial charge is 0.398 e. The first-order valence-electron chi connectivity index (χ1n) is 6.02. The van der Waals surface area contributed by atoms with Gasteiger partial charge < -0.3 is 11.5 Å². The van der Waals surface area contributed by atoms with E-state index in [1.165, 1.54) is 18.2 Å². The van der Waals surface area contributed by atoms with E-state index in [0.717, 1.165) is 13.0 Å². The number of carbonyl (C=O) groups is 1. The van der Waals surface area contributed by atoms with Crippen molar-refractivity contribution in [1.29, 1.82) is 0 Å². The van der Waals surface area contributed by atoms with Gasteiger partial charge in [0.25, 0.3) is 5.69 Å². The minimum Gasteiger partial charge on any atom is -0.398 e. The van der Waals surface area contributed by atoms with E-state index < -0.39 is 4.92 Å². The molecule has 4 N–H and O–H groups in total. The number of hydrogen-bond acceptors (Lipinski definition) is 5. The van der Waals surface area contributed by atoms with Crippen LogP contribution in [0.5, 0.6) is 0 Å². The van der Waals surface area contributed by atoms with E-state index in [1.807, 2.05) is 4.90 Å². The molecule has 1 aliphatic rings. The third kappa shape index (κ3) is 3.00. The van der Waals surface area contributed by atoms with Crippen LogP contribution >= 0.6 is 0 Å². The monoisotopic (exact) mass is 264 g/mol. The van der Waals surface area contributed by atoms with Gasteiger partial charge in [-0.2, -0.15) is 0 Å². The van der Waals surface area contributed by atoms with Crippen LogP contribution in [0.1, 0.15) is 12.0 Å². The number of likely N-dealkylation sites (tertiary alicyclic amines) is 1. The number of nitrogens with two attached hydrogens (primary N) is 2. The fourth-order valence-electron chi connectivity index (χ4n) is 2.29. The van der Waals surface area contributed by atoms with E-state index in [9.17, 15) is 14.9 Å². The Hall–Kier alpha value is -2.15. The zero-order valence-electron chi connectivity index (χ0n) is 10.4. The molecule has 1 amide bonds. The van der Waals surface area contributed by atoms with Crippen molar-refractivity contribution in [3.63, 3.8) is 0 Å². The lowest BCUT2D eigenvalue weighted by Gasteiger charge is -2.16. The van der Waals surface area contributed by atoms with Crippen molar-refractivity contribution in [2.75, 3.05) is 18.8 Å². The van der Waals surface area contributed by atoms with E-state index >= 15 is 0 Å². The highest BCUT2D eigenvalue weighted by molar-refractivity contribution is 5.77. The molecule has 102 valence electrons. The Balaban J connectivity index is 2.09. The van der Waals surface area contributed by atoms with E-state index in [4.69, 9.17) is 11.5 Å². The van der Waals surface area contributed by atoms with Gasteiger partial charge in [0.05, 0.1) is 10.8 Å². The summed E-state index contributed by atoms with van der Waals surface area (Å²) in [6, 6.07) is 4.40. The molecule has 1 saturated heterocycles. The summed E-state index contributed by atoms with van der Waals surface area (Å²) in [7, 11) is 0. The summed E-state index contributed by atoms with van der Waals surface area (Å²) in [5.41, 5.74) is 12.3. The third-order valence-corrected chi connectivity index (χ3v) is 3.41. The number of benzene rings is 1. The summed E-state index contributed by atoms with van der Waals surface area (Å²) >= 11 is 0. The molecule has 1 heterocycles. The summed E-state index contributed by atoms with van der Waals surface area (Å²) in [4.78, 5) is 23.4. The highest BCUT2D eigenvalue weighted by Crippen LogP contribution is 2.24. The first-order valence-corrected chi connectivity index (χ1v) is 6.02. The lowest BCUT2D eigenvalue weighted by molar-refractivity contribution is -0.384. The van der Waals surface area contributed by atoms with Gasteiger partial charge in [0.15, 0.2) is 0 Å². The standard InChI is InChI=1S/C12H16N4O3/c13-11-2-1-10(16(18)19)5-9(11)7-15-4-3-8(6-15)12(14)17/h1-2,5,8H,3-4,6-7,13H2,(H2,14,17). The van der Waals surface area contributed by atoms with Crippen molar-refractivity contribution in [3.05, 3.63) is 33.9 Å². The normalized spacial score (nSPS) is 19.5. The third-order valence-electron chi connectivity index (χ3n) is 3.41. The first-order chi connectivity index (χ1) is 8.97. The van der Waals surface area contributed by atoms with Crippen LogP contribution in [0.15, 0.2) is 18.2 Å². The number of anilines is 1. The van der Waals surface area contributed by atoms with E-state index in [1.54, 1.807) is 0 Å². The van der Waals surface area contributed by atoms with Crippen molar-refractivity contribution in [2.24, 2.45) is 11.7 Å².